The molecule has 13 heavy (non-hydrogen) atoms. The minimum atomic E-state index is 0.545. The van der Waals surface area contributed by atoms with Crippen LogP contribution in [0.5, 0.6) is 0 Å². The van der Waals surface area contributed by atoms with Crippen molar-refractivity contribution in [2.45, 2.75) is 32.7 Å². The Morgan fingerprint density at radius 2 is 2.15 bits per heavy atom. The van der Waals surface area contributed by atoms with Gasteiger partial charge in [-0.3, -0.25) is 9.97 Å². The molecule has 3 heteroatoms. The highest BCUT2D eigenvalue weighted by Gasteiger charge is 2.00. The zero-order valence-electron chi connectivity index (χ0n) is 8.54. The van der Waals surface area contributed by atoms with Crippen molar-refractivity contribution in [1.29, 1.82) is 0 Å². The standard InChI is InChI=1S/C10H17N3/c1-8(11-3)4-5-10-7-12-9(2)6-13-10/h6-8,11H,4-5H2,1-3H3/t8-/m0/s1. The summed E-state index contributed by atoms with van der Waals surface area (Å²) in [7, 11) is 1.98. The van der Waals surface area contributed by atoms with Crippen LogP contribution in [-0.2, 0) is 6.42 Å². The molecule has 0 saturated carbocycles. The summed E-state index contributed by atoms with van der Waals surface area (Å²) in [6, 6.07) is 0.545. The van der Waals surface area contributed by atoms with E-state index >= 15 is 0 Å². The monoisotopic (exact) mass is 179 g/mol. The average molecular weight is 179 g/mol. The van der Waals surface area contributed by atoms with Crippen molar-refractivity contribution in [3.8, 4) is 0 Å². The van der Waals surface area contributed by atoms with Crippen LogP contribution < -0.4 is 5.32 Å². The van der Waals surface area contributed by atoms with Crippen LogP contribution in [0.25, 0.3) is 0 Å². The highest BCUT2D eigenvalue weighted by Crippen LogP contribution is 2.00. The van der Waals surface area contributed by atoms with Crippen LogP contribution >= 0.6 is 0 Å². The molecule has 72 valence electrons. The summed E-state index contributed by atoms with van der Waals surface area (Å²) >= 11 is 0. The molecule has 3 nitrogen and oxygen atoms in total. The lowest BCUT2D eigenvalue weighted by Gasteiger charge is -2.08. The number of aromatic nitrogens is 2. The molecule has 0 spiro atoms. The molecule has 0 radical (unpaired) electrons. The van der Waals surface area contributed by atoms with Gasteiger partial charge in [-0.1, -0.05) is 0 Å². The number of nitrogens with one attached hydrogen (secondary N) is 1. The average Bonchev–Trinajstić information content (AvgIpc) is 2.16. The molecule has 1 N–H and O–H groups in total. The second kappa shape index (κ2) is 4.92. The minimum Gasteiger partial charge on any atom is -0.317 e. The fourth-order valence-corrected chi connectivity index (χ4v) is 1.06. The highest BCUT2D eigenvalue weighted by atomic mass is 14.9. The second-order valence-electron chi connectivity index (χ2n) is 3.38. The molecule has 0 aliphatic rings. The topological polar surface area (TPSA) is 37.8 Å². The van der Waals surface area contributed by atoms with Gasteiger partial charge in [-0.15, -0.1) is 0 Å². The number of nitrogens with zero attached hydrogens (tertiary/aromatic N) is 2. The molecule has 1 aromatic rings. The first kappa shape index (κ1) is 10.1. The minimum absolute atomic E-state index is 0.545. The third-order valence-corrected chi connectivity index (χ3v) is 2.16. The fourth-order valence-electron chi connectivity index (χ4n) is 1.06. The van der Waals surface area contributed by atoms with Crippen molar-refractivity contribution in [3.63, 3.8) is 0 Å². The summed E-state index contributed by atoms with van der Waals surface area (Å²) in [5.41, 5.74) is 2.05. The molecule has 0 amide bonds. The van der Waals surface area contributed by atoms with Gasteiger partial charge < -0.3 is 5.32 Å². The maximum atomic E-state index is 4.29. The van der Waals surface area contributed by atoms with Gasteiger partial charge >= 0.3 is 0 Å². The summed E-state index contributed by atoms with van der Waals surface area (Å²) in [6.07, 6.45) is 5.78. The zero-order chi connectivity index (χ0) is 9.68. The normalized spacial score (nSPS) is 12.8. The van der Waals surface area contributed by atoms with Crippen molar-refractivity contribution in [3.05, 3.63) is 23.8 Å². The van der Waals surface area contributed by atoms with Gasteiger partial charge in [0.05, 0.1) is 11.4 Å². The van der Waals surface area contributed by atoms with E-state index in [0.717, 1.165) is 24.2 Å². The largest absolute Gasteiger partial charge is 0.317 e. The van der Waals surface area contributed by atoms with E-state index in [1.807, 2.05) is 26.4 Å². The number of aryl methyl sites for hydroxylation is 2. The van der Waals surface area contributed by atoms with Crippen LogP contribution in [0.2, 0.25) is 0 Å². The third kappa shape index (κ3) is 3.51. The Kier molecular flexibility index (Phi) is 3.83. The van der Waals surface area contributed by atoms with Gasteiger partial charge in [-0.2, -0.15) is 0 Å². The first-order valence-electron chi connectivity index (χ1n) is 4.67. The molecule has 0 unspecified atom stereocenters. The number of rotatable bonds is 4. The van der Waals surface area contributed by atoms with Crippen molar-refractivity contribution >= 4 is 0 Å². The Balaban J connectivity index is 2.41. The van der Waals surface area contributed by atoms with Crippen LogP contribution in [0.1, 0.15) is 24.7 Å². The quantitative estimate of drug-likeness (QED) is 0.757. The van der Waals surface area contributed by atoms with Gasteiger partial charge in [0, 0.05) is 18.4 Å². The predicted molar refractivity (Wildman–Crippen MR) is 53.6 cm³/mol. The van der Waals surface area contributed by atoms with Gasteiger partial charge in [0.25, 0.3) is 0 Å². The van der Waals surface area contributed by atoms with E-state index < -0.39 is 0 Å². The molecule has 0 saturated heterocycles. The predicted octanol–water partition coefficient (Wildman–Crippen LogP) is 1.33. The van der Waals surface area contributed by atoms with Crippen LogP contribution in [0, 0.1) is 6.92 Å². The molecular formula is C10H17N3. The molecule has 0 fully saturated rings. The summed E-state index contributed by atoms with van der Waals surface area (Å²) in [6.45, 7) is 4.12. The van der Waals surface area contributed by atoms with Gasteiger partial charge in [0.2, 0.25) is 0 Å². The van der Waals surface area contributed by atoms with Crippen LogP contribution in [0.15, 0.2) is 12.4 Å². The van der Waals surface area contributed by atoms with Gasteiger partial charge in [0.15, 0.2) is 0 Å². The maximum absolute atomic E-state index is 4.29. The van der Waals surface area contributed by atoms with Crippen molar-refractivity contribution in [1.82, 2.24) is 15.3 Å². The summed E-state index contributed by atoms with van der Waals surface area (Å²) in [5, 5.41) is 3.20. The Labute approximate surface area is 79.6 Å². The lowest BCUT2D eigenvalue weighted by Crippen LogP contribution is -2.21. The van der Waals surface area contributed by atoms with Gasteiger partial charge in [0.1, 0.15) is 0 Å². The van der Waals surface area contributed by atoms with E-state index in [2.05, 4.69) is 22.2 Å². The maximum Gasteiger partial charge on any atom is 0.0587 e. The van der Waals surface area contributed by atoms with E-state index in [-0.39, 0.29) is 0 Å². The molecule has 0 aliphatic carbocycles. The molecule has 1 rings (SSSR count). The van der Waals surface area contributed by atoms with E-state index in [9.17, 15) is 0 Å². The molecule has 1 heterocycles. The van der Waals surface area contributed by atoms with E-state index in [1.165, 1.54) is 0 Å². The van der Waals surface area contributed by atoms with Gasteiger partial charge in [-0.05, 0) is 33.7 Å². The summed E-state index contributed by atoms with van der Waals surface area (Å²) in [5.74, 6) is 0. The number of hydrogen-bond acceptors (Lipinski definition) is 3. The summed E-state index contributed by atoms with van der Waals surface area (Å²) < 4.78 is 0. The smallest absolute Gasteiger partial charge is 0.0587 e. The number of hydrogen-bond donors (Lipinski definition) is 1. The van der Waals surface area contributed by atoms with Crippen molar-refractivity contribution in [2.24, 2.45) is 0 Å². The Hall–Kier alpha value is -0.960. The zero-order valence-corrected chi connectivity index (χ0v) is 8.54. The molecule has 0 bridgehead atoms. The van der Waals surface area contributed by atoms with E-state index in [0.29, 0.717) is 6.04 Å². The molecule has 0 aliphatic heterocycles. The van der Waals surface area contributed by atoms with Crippen LogP contribution in [0.3, 0.4) is 0 Å². The summed E-state index contributed by atoms with van der Waals surface area (Å²) in [4.78, 5) is 8.49. The van der Waals surface area contributed by atoms with Crippen LogP contribution in [-0.4, -0.2) is 23.1 Å². The Morgan fingerprint density at radius 1 is 1.38 bits per heavy atom. The Bertz CT molecular complexity index is 243. The van der Waals surface area contributed by atoms with Gasteiger partial charge in [-0.25, -0.2) is 0 Å². The first-order chi connectivity index (χ1) is 6.22. The van der Waals surface area contributed by atoms with Crippen LogP contribution in [0.4, 0.5) is 0 Å². The van der Waals surface area contributed by atoms with Crippen molar-refractivity contribution < 1.29 is 0 Å². The first-order valence-corrected chi connectivity index (χ1v) is 4.67. The van der Waals surface area contributed by atoms with E-state index in [4.69, 9.17) is 0 Å². The Morgan fingerprint density at radius 3 is 2.69 bits per heavy atom. The molecule has 1 atom stereocenters. The SMILES string of the molecule is CN[C@@H](C)CCc1cnc(C)cn1. The van der Waals surface area contributed by atoms with E-state index in [1.54, 1.807) is 0 Å². The fraction of sp³-hybridized carbons (Fsp3) is 0.600. The molecule has 1 aromatic heterocycles. The third-order valence-electron chi connectivity index (χ3n) is 2.16. The second-order valence-corrected chi connectivity index (χ2v) is 3.38. The lowest BCUT2D eigenvalue weighted by molar-refractivity contribution is 0.560. The molecular weight excluding hydrogens is 162 g/mol. The lowest BCUT2D eigenvalue weighted by atomic mass is 10.1. The molecule has 0 aromatic carbocycles. The van der Waals surface area contributed by atoms with Crippen molar-refractivity contribution in [2.75, 3.05) is 7.05 Å². The highest BCUT2D eigenvalue weighted by molar-refractivity contribution is 5.00.